The van der Waals surface area contributed by atoms with Gasteiger partial charge in [-0.05, 0) is 43.5 Å². The molecular formula is C18H25ClN6O6S. The second kappa shape index (κ2) is 11.6. The van der Waals surface area contributed by atoms with Gasteiger partial charge in [0.15, 0.2) is 5.96 Å². The molecule has 0 fully saturated rings. The lowest BCUT2D eigenvalue weighted by Gasteiger charge is -2.15. The summed E-state index contributed by atoms with van der Waals surface area (Å²) in [6.45, 7) is 0.00888. The summed E-state index contributed by atoms with van der Waals surface area (Å²) < 4.78 is 26.8. The lowest BCUT2D eigenvalue weighted by Crippen LogP contribution is -2.49. The molecule has 0 saturated carbocycles. The molecule has 1 aromatic carbocycles. The van der Waals surface area contributed by atoms with Crippen LogP contribution in [0.3, 0.4) is 0 Å². The SMILES string of the molecule is NC(N)=NCCCCC1CC(C(=O)NC[C@H](NS(=O)(=O)c2ccc(Cl)cc2)C(=O)O)=NO1. The number of guanidine groups is 1. The Morgan fingerprint density at radius 2 is 1.97 bits per heavy atom. The molecule has 14 heteroatoms. The van der Waals surface area contributed by atoms with Crippen LogP contribution in [0.25, 0.3) is 0 Å². The molecule has 0 bridgehead atoms. The van der Waals surface area contributed by atoms with Crippen LogP contribution in [0.5, 0.6) is 0 Å². The van der Waals surface area contributed by atoms with Gasteiger partial charge in [-0.25, -0.2) is 8.42 Å². The van der Waals surface area contributed by atoms with Crippen molar-refractivity contribution in [2.24, 2.45) is 21.6 Å². The summed E-state index contributed by atoms with van der Waals surface area (Å²) in [5, 5.41) is 15.8. The molecule has 0 radical (unpaired) electrons. The number of nitrogens with zero attached hydrogens (tertiary/aromatic N) is 2. The van der Waals surface area contributed by atoms with E-state index in [4.69, 9.17) is 27.9 Å². The molecule has 0 saturated heterocycles. The second-order valence-corrected chi connectivity index (χ2v) is 9.10. The number of aliphatic carboxylic acids is 1. The van der Waals surface area contributed by atoms with Crippen molar-refractivity contribution >= 4 is 45.2 Å². The number of carboxylic acid groups (broad SMARTS) is 1. The number of unbranched alkanes of at least 4 members (excludes halogenated alkanes) is 1. The topological polar surface area (TPSA) is 199 Å². The molecular weight excluding hydrogens is 464 g/mol. The van der Waals surface area contributed by atoms with Crippen LogP contribution in [0.4, 0.5) is 0 Å². The second-order valence-electron chi connectivity index (χ2n) is 6.95. The van der Waals surface area contributed by atoms with Crippen molar-refractivity contribution in [1.29, 1.82) is 0 Å². The maximum absolute atomic E-state index is 12.4. The largest absolute Gasteiger partial charge is 0.480 e. The van der Waals surface area contributed by atoms with Gasteiger partial charge in [-0.1, -0.05) is 16.8 Å². The fourth-order valence-corrected chi connectivity index (χ4v) is 4.07. The lowest BCUT2D eigenvalue weighted by molar-refractivity contribution is -0.138. The molecule has 1 aliphatic heterocycles. The molecule has 1 unspecified atom stereocenters. The van der Waals surface area contributed by atoms with Crippen LogP contribution >= 0.6 is 11.6 Å². The number of hydrogen-bond acceptors (Lipinski definition) is 7. The summed E-state index contributed by atoms with van der Waals surface area (Å²) in [6.07, 6.45) is 2.11. The maximum atomic E-state index is 12.4. The number of aliphatic imine (C=N–C) groups is 1. The highest BCUT2D eigenvalue weighted by Crippen LogP contribution is 2.17. The van der Waals surface area contributed by atoms with Gasteiger partial charge in [0, 0.05) is 24.5 Å². The third kappa shape index (κ3) is 7.98. The van der Waals surface area contributed by atoms with Crippen molar-refractivity contribution in [2.45, 2.75) is 42.7 Å². The van der Waals surface area contributed by atoms with Gasteiger partial charge in [-0.15, -0.1) is 0 Å². The van der Waals surface area contributed by atoms with E-state index in [-0.39, 0.29) is 29.1 Å². The Hall–Kier alpha value is -2.90. The number of oxime groups is 1. The lowest BCUT2D eigenvalue weighted by atomic mass is 10.1. The number of carboxylic acids is 1. The van der Waals surface area contributed by atoms with E-state index in [9.17, 15) is 23.1 Å². The molecule has 2 rings (SSSR count). The third-order valence-electron chi connectivity index (χ3n) is 4.41. The van der Waals surface area contributed by atoms with Crippen molar-refractivity contribution < 1.29 is 28.0 Å². The molecule has 0 spiro atoms. The molecule has 2 atom stereocenters. The smallest absolute Gasteiger partial charge is 0.323 e. The molecule has 1 aliphatic rings. The number of amides is 1. The zero-order valence-electron chi connectivity index (χ0n) is 17.0. The van der Waals surface area contributed by atoms with Crippen LogP contribution in [-0.2, 0) is 24.4 Å². The standard InChI is InChI=1S/C18H25ClN6O6S/c19-11-4-6-13(7-5-11)32(29,30)25-15(17(27)28)10-23-16(26)14-9-12(31-24-14)3-1-2-8-22-18(20)21/h4-7,12,15,25H,1-3,8-10H2,(H,23,26)(H,27,28)(H4,20,21,22)/t12?,15-/m0/s1. The van der Waals surface area contributed by atoms with Gasteiger partial charge in [0.1, 0.15) is 17.9 Å². The van der Waals surface area contributed by atoms with Crippen molar-refractivity contribution in [3.8, 4) is 0 Å². The summed E-state index contributed by atoms with van der Waals surface area (Å²) in [5.41, 5.74) is 10.6. The highest BCUT2D eigenvalue weighted by molar-refractivity contribution is 7.89. The Morgan fingerprint density at radius 1 is 1.28 bits per heavy atom. The fraction of sp³-hybridized carbons (Fsp3) is 0.444. The van der Waals surface area contributed by atoms with E-state index in [1.165, 1.54) is 24.3 Å². The number of carbonyl (C=O) groups is 2. The first-order valence-corrected chi connectivity index (χ1v) is 11.5. The average Bonchev–Trinajstić information content (AvgIpc) is 3.19. The summed E-state index contributed by atoms with van der Waals surface area (Å²) in [4.78, 5) is 32.7. The van der Waals surface area contributed by atoms with Crippen LogP contribution in [0, 0.1) is 0 Å². The van der Waals surface area contributed by atoms with Crippen molar-refractivity contribution in [2.75, 3.05) is 13.1 Å². The van der Waals surface area contributed by atoms with E-state index in [1.807, 2.05) is 4.72 Å². The van der Waals surface area contributed by atoms with Gasteiger partial charge in [0.25, 0.3) is 5.91 Å². The number of nitrogens with two attached hydrogens (primary N) is 2. The zero-order chi connectivity index (χ0) is 23.7. The number of nitrogens with one attached hydrogen (secondary N) is 2. The number of carbonyl (C=O) groups excluding carboxylic acids is 1. The Kier molecular flexibility index (Phi) is 9.23. The first kappa shape index (κ1) is 25.4. The minimum absolute atomic E-state index is 0.0273. The molecule has 1 amide bonds. The van der Waals surface area contributed by atoms with Crippen LogP contribution in [0.2, 0.25) is 5.02 Å². The number of halogens is 1. The van der Waals surface area contributed by atoms with E-state index < -0.39 is 34.5 Å². The fourth-order valence-electron chi connectivity index (χ4n) is 2.75. The van der Waals surface area contributed by atoms with Crippen molar-refractivity contribution in [3.63, 3.8) is 0 Å². The van der Waals surface area contributed by atoms with E-state index in [1.54, 1.807) is 0 Å². The molecule has 1 aromatic rings. The highest BCUT2D eigenvalue weighted by Gasteiger charge is 2.29. The van der Waals surface area contributed by atoms with Gasteiger partial charge in [-0.3, -0.25) is 14.6 Å². The first-order chi connectivity index (χ1) is 15.1. The van der Waals surface area contributed by atoms with Crippen LogP contribution in [0.1, 0.15) is 25.7 Å². The van der Waals surface area contributed by atoms with Crippen LogP contribution in [-0.4, -0.2) is 62.3 Å². The highest BCUT2D eigenvalue weighted by atomic mass is 35.5. The summed E-state index contributed by atoms with van der Waals surface area (Å²) in [6, 6.07) is 3.62. The monoisotopic (exact) mass is 488 g/mol. The number of sulfonamides is 1. The minimum Gasteiger partial charge on any atom is -0.480 e. The minimum atomic E-state index is -4.14. The quantitative estimate of drug-likeness (QED) is 0.151. The number of rotatable bonds is 12. The van der Waals surface area contributed by atoms with E-state index in [2.05, 4.69) is 15.5 Å². The summed E-state index contributed by atoms with van der Waals surface area (Å²) in [7, 11) is -4.14. The van der Waals surface area contributed by atoms with Crippen molar-refractivity contribution in [1.82, 2.24) is 10.0 Å². The molecule has 12 nitrogen and oxygen atoms in total. The first-order valence-electron chi connectivity index (χ1n) is 9.65. The predicted octanol–water partition coefficient (Wildman–Crippen LogP) is -0.224. The van der Waals surface area contributed by atoms with Crippen LogP contribution in [0.15, 0.2) is 39.3 Å². The van der Waals surface area contributed by atoms with Crippen molar-refractivity contribution in [3.05, 3.63) is 29.3 Å². The molecule has 176 valence electrons. The Bertz CT molecular complexity index is 978. The van der Waals surface area contributed by atoms with Gasteiger partial charge < -0.3 is 26.7 Å². The van der Waals surface area contributed by atoms with Gasteiger partial charge in [0.05, 0.1) is 4.90 Å². The van der Waals surface area contributed by atoms with E-state index >= 15 is 0 Å². The Labute approximate surface area is 190 Å². The zero-order valence-corrected chi connectivity index (χ0v) is 18.6. The number of hydrogen-bond donors (Lipinski definition) is 5. The molecule has 0 aliphatic carbocycles. The number of benzene rings is 1. The third-order valence-corrected chi connectivity index (χ3v) is 6.15. The summed E-state index contributed by atoms with van der Waals surface area (Å²) >= 11 is 5.74. The Morgan fingerprint density at radius 3 is 2.59 bits per heavy atom. The Balaban J connectivity index is 1.82. The van der Waals surface area contributed by atoms with E-state index in [0.29, 0.717) is 18.0 Å². The molecule has 32 heavy (non-hydrogen) atoms. The predicted molar refractivity (Wildman–Crippen MR) is 118 cm³/mol. The van der Waals surface area contributed by atoms with Gasteiger partial charge >= 0.3 is 5.97 Å². The normalized spacial score (nSPS) is 16.5. The van der Waals surface area contributed by atoms with Gasteiger partial charge in [0.2, 0.25) is 10.0 Å². The molecule has 7 N–H and O–H groups in total. The average molecular weight is 489 g/mol. The van der Waals surface area contributed by atoms with Gasteiger partial charge in [-0.2, -0.15) is 4.72 Å². The molecule has 0 aromatic heterocycles. The molecule has 1 heterocycles. The van der Waals surface area contributed by atoms with Crippen LogP contribution < -0.4 is 21.5 Å². The maximum Gasteiger partial charge on any atom is 0.323 e. The van der Waals surface area contributed by atoms with E-state index in [0.717, 1.165) is 12.8 Å². The summed E-state index contributed by atoms with van der Waals surface area (Å²) in [5.74, 6) is -2.06.